The van der Waals surface area contributed by atoms with Crippen molar-refractivity contribution in [3.05, 3.63) is 39.7 Å². The number of nitrogens with one attached hydrogen (secondary N) is 1. The largest absolute Gasteiger partial charge is 0.495 e. The van der Waals surface area contributed by atoms with Crippen LogP contribution in [0.1, 0.15) is 49.7 Å². The summed E-state index contributed by atoms with van der Waals surface area (Å²) in [7, 11) is 3.25. The van der Waals surface area contributed by atoms with Crippen LogP contribution in [0.25, 0.3) is 10.9 Å². The van der Waals surface area contributed by atoms with Gasteiger partial charge in [0, 0.05) is 37.6 Å². The van der Waals surface area contributed by atoms with Gasteiger partial charge in [-0.2, -0.15) is 0 Å². The number of carbonyl (C=O) groups is 2. The topological polar surface area (TPSA) is 91.9 Å². The number of rotatable bonds is 4. The number of hydrogen-bond acceptors (Lipinski definition) is 5. The minimum atomic E-state index is -0.555. The molecule has 0 spiro atoms. The molecule has 8 heteroatoms. The SMILES string of the molecule is COc1cccc2c(=O)c(C)c(C(=O)N3CCC[C@@H](CN(C)C(=O)OC(C)(C)C)C3)[nH]c12. The number of ether oxygens (including phenoxy) is 2. The number of H-pyrrole nitrogens is 1. The predicted molar refractivity (Wildman–Crippen MR) is 123 cm³/mol. The van der Waals surface area contributed by atoms with Gasteiger partial charge >= 0.3 is 6.09 Å². The molecule has 3 rings (SSSR count). The summed E-state index contributed by atoms with van der Waals surface area (Å²) in [4.78, 5) is 45.1. The molecule has 174 valence electrons. The van der Waals surface area contributed by atoms with E-state index in [-0.39, 0.29) is 29.0 Å². The van der Waals surface area contributed by atoms with E-state index in [1.54, 1.807) is 42.0 Å². The molecule has 1 atom stereocenters. The summed E-state index contributed by atoms with van der Waals surface area (Å²) in [6.45, 7) is 8.79. The van der Waals surface area contributed by atoms with Crippen LogP contribution in [0.5, 0.6) is 5.75 Å². The highest BCUT2D eigenvalue weighted by Crippen LogP contribution is 2.25. The molecule has 1 fully saturated rings. The Balaban J connectivity index is 1.79. The van der Waals surface area contributed by atoms with Gasteiger partial charge in [-0.15, -0.1) is 0 Å². The zero-order chi connectivity index (χ0) is 23.6. The molecular formula is C24H33N3O5. The number of benzene rings is 1. The first-order valence-corrected chi connectivity index (χ1v) is 10.9. The summed E-state index contributed by atoms with van der Waals surface area (Å²) < 4.78 is 10.8. The van der Waals surface area contributed by atoms with Crippen molar-refractivity contribution >= 4 is 22.9 Å². The van der Waals surface area contributed by atoms with Gasteiger partial charge in [0.15, 0.2) is 5.43 Å². The number of para-hydroxylation sites is 1. The fourth-order valence-electron chi connectivity index (χ4n) is 4.13. The molecule has 0 radical (unpaired) electrons. The summed E-state index contributed by atoms with van der Waals surface area (Å²) in [6, 6.07) is 5.24. The van der Waals surface area contributed by atoms with Crippen LogP contribution in [0.3, 0.4) is 0 Å². The number of fused-ring (bicyclic) bond motifs is 1. The molecule has 0 aliphatic carbocycles. The van der Waals surface area contributed by atoms with Crippen LogP contribution in [-0.4, -0.2) is 66.2 Å². The van der Waals surface area contributed by atoms with E-state index in [9.17, 15) is 14.4 Å². The number of hydrogen-bond donors (Lipinski definition) is 1. The van der Waals surface area contributed by atoms with Gasteiger partial charge < -0.3 is 24.3 Å². The Kier molecular flexibility index (Phi) is 6.81. The quantitative estimate of drug-likeness (QED) is 0.780. The van der Waals surface area contributed by atoms with Crippen molar-refractivity contribution in [1.29, 1.82) is 0 Å². The number of aromatic nitrogens is 1. The lowest BCUT2D eigenvalue weighted by Crippen LogP contribution is -2.45. The summed E-state index contributed by atoms with van der Waals surface area (Å²) in [6.07, 6.45) is 1.37. The Labute approximate surface area is 188 Å². The number of methoxy groups -OCH3 is 1. The first kappa shape index (κ1) is 23.6. The van der Waals surface area contributed by atoms with Crippen molar-refractivity contribution in [3.8, 4) is 5.75 Å². The number of nitrogens with zero attached hydrogens (tertiary/aromatic N) is 2. The lowest BCUT2D eigenvalue weighted by atomic mass is 9.97. The molecule has 8 nitrogen and oxygen atoms in total. The van der Waals surface area contributed by atoms with Gasteiger partial charge in [-0.05, 0) is 58.6 Å². The van der Waals surface area contributed by atoms with Crippen molar-refractivity contribution in [1.82, 2.24) is 14.8 Å². The van der Waals surface area contributed by atoms with Crippen molar-refractivity contribution in [2.24, 2.45) is 5.92 Å². The number of pyridine rings is 1. The molecule has 0 bridgehead atoms. The number of amides is 2. The Bertz CT molecular complexity index is 1070. The van der Waals surface area contributed by atoms with E-state index < -0.39 is 5.60 Å². The lowest BCUT2D eigenvalue weighted by molar-refractivity contribution is 0.0244. The van der Waals surface area contributed by atoms with Gasteiger partial charge in [-0.1, -0.05) is 6.07 Å². The maximum Gasteiger partial charge on any atom is 0.410 e. The Hall–Kier alpha value is -3.03. The Morgan fingerprint density at radius 3 is 2.66 bits per heavy atom. The molecule has 1 aliphatic heterocycles. The van der Waals surface area contributed by atoms with E-state index in [0.717, 1.165) is 12.8 Å². The zero-order valence-corrected chi connectivity index (χ0v) is 19.8. The standard InChI is InChI=1S/C24H33N3O5/c1-15-19(25-20-17(21(15)28)10-7-11-18(20)31-6)22(29)27-12-8-9-16(14-27)13-26(5)23(30)32-24(2,3)4/h7,10-11,16H,8-9,12-14H2,1-6H3,(H,25,28)/t16-/m0/s1. The maximum atomic E-state index is 13.4. The van der Waals surface area contributed by atoms with E-state index in [1.165, 1.54) is 7.11 Å². The summed E-state index contributed by atoms with van der Waals surface area (Å²) >= 11 is 0. The third kappa shape index (κ3) is 5.06. The van der Waals surface area contributed by atoms with Crippen LogP contribution in [0.2, 0.25) is 0 Å². The highest BCUT2D eigenvalue weighted by Gasteiger charge is 2.29. The van der Waals surface area contributed by atoms with Crippen LogP contribution >= 0.6 is 0 Å². The number of piperidine rings is 1. The third-order valence-electron chi connectivity index (χ3n) is 5.71. The van der Waals surface area contributed by atoms with Gasteiger partial charge in [0.25, 0.3) is 5.91 Å². The molecule has 0 saturated carbocycles. The van der Waals surface area contributed by atoms with Crippen molar-refractivity contribution in [2.45, 2.75) is 46.1 Å². The molecule has 0 unspecified atom stereocenters. The number of likely N-dealkylation sites (tertiary alicyclic amines) is 1. The highest BCUT2D eigenvalue weighted by molar-refractivity contribution is 5.97. The summed E-state index contributed by atoms with van der Waals surface area (Å²) in [5, 5.41) is 0.494. The van der Waals surface area contributed by atoms with E-state index in [1.807, 2.05) is 20.8 Å². The predicted octanol–water partition coefficient (Wildman–Crippen LogP) is 3.56. The van der Waals surface area contributed by atoms with Gasteiger partial charge in [0.05, 0.1) is 12.6 Å². The van der Waals surface area contributed by atoms with Crippen LogP contribution < -0.4 is 10.2 Å². The smallest absolute Gasteiger partial charge is 0.410 e. The van der Waals surface area contributed by atoms with E-state index in [2.05, 4.69) is 4.98 Å². The molecule has 1 aromatic carbocycles. The summed E-state index contributed by atoms with van der Waals surface area (Å²) in [5.74, 6) is 0.438. The maximum absolute atomic E-state index is 13.4. The summed E-state index contributed by atoms with van der Waals surface area (Å²) in [5.41, 5.74) is 0.462. The lowest BCUT2D eigenvalue weighted by Gasteiger charge is -2.35. The van der Waals surface area contributed by atoms with Crippen LogP contribution in [0, 0.1) is 12.8 Å². The van der Waals surface area contributed by atoms with E-state index in [0.29, 0.717) is 41.9 Å². The molecule has 32 heavy (non-hydrogen) atoms. The van der Waals surface area contributed by atoms with Crippen LogP contribution in [-0.2, 0) is 4.74 Å². The second-order valence-electron chi connectivity index (χ2n) is 9.46. The second kappa shape index (κ2) is 9.22. The molecule has 2 heterocycles. The molecule has 1 aliphatic rings. The van der Waals surface area contributed by atoms with Gasteiger partial charge in [-0.25, -0.2) is 4.79 Å². The van der Waals surface area contributed by atoms with Gasteiger partial charge in [-0.3, -0.25) is 9.59 Å². The Morgan fingerprint density at radius 2 is 2.00 bits per heavy atom. The average molecular weight is 444 g/mol. The molecule has 1 N–H and O–H groups in total. The molecule has 1 saturated heterocycles. The minimum absolute atomic E-state index is 0.132. The van der Waals surface area contributed by atoms with Crippen LogP contribution in [0.15, 0.2) is 23.0 Å². The first-order valence-electron chi connectivity index (χ1n) is 10.9. The zero-order valence-electron chi connectivity index (χ0n) is 19.8. The molecular weight excluding hydrogens is 410 g/mol. The normalized spacial score (nSPS) is 16.7. The van der Waals surface area contributed by atoms with Crippen molar-refractivity contribution in [3.63, 3.8) is 0 Å². The fourth-order valence-corrected chi connectivity index (χ4v) is 4.13. The number of aromatic amines is 1. The van der Waals surface area contributed by atoms with Gasteiger partial charge in [0.2, 0.25) is 0 Å². The van der Waals surface area contributed by atoms with Crippen molar-refractivity contribution < 1.29 is 19.1 Å². The second-order valence-corrected chi connectivity index (χ2v) is 9.46. The highest BCUT2D eigenvalue weighted by atomic mass is 16.6. The van der Waals surface area contributed by atoms with Crippen molar-refractivity contribution in [2.75, 3.05) is 33.8 Å². The first-order chi connectivity index (χ1) is 15.0. The van der Waals surface area contributed by atoms with Gasteiger partial charge in [0.1, 0.15) is 17.0 Å². The average Bonchev–Trinajstić information content (AvgIpc) is 2.74. The van der Waals surface area contributed by atoms with Crippen LogP contribution in [0.4, 0.5) is 4.79 Å². The molecule has 2 aromatic rings. The fraction of sp³-hybridized carbons (Fsp3) is 0.542. The Morgan fingerprint density at radius 1 is 1.28 bits per heavy atom. The molecule has 1 aromatic heterocycles. The molecule has 2 amide bonds. The third-order valence-corrected chi connectivity index (χ3v) is 5.71. The van der Waals surface area contributed by atoms with E-state index >= 15 is 0 Å². The van der Waals surface area contributed by atoms with E-state index in [4.69, 9.17) is 9.47 Å². The minimum Gasteiger partial charge on any atom is -0.495 e. The number of carbonyl (C=O) groups excluding carboxylic acids is 2. The monoisotopic (exact) mass is 443 g/mol.